The maximum atomic E-state index is 11.7. The van der Waals surface area contributed by atoms with Gasteiger partial charge < -0.3 is 10.6 Å². The summed E-state index contributed by atoms with van der Waals surface area (Å²) in [6, 6.07) is 18.1. The lowest BCUT2D eigenvalue weighted by atomic mass is 10.0. The Morgan fingerprint density at radius 1 is 1.10 bits per heavy atom. The van der Waals surface area contributed by atoms with Gasteiger partial charge in [0.25, 0.3) is 5.91 Å². The zero-order chi connectivity index (χ0) is 14.4. The van der Waals surface area contributed by atoms with Crippen molar-refractivity contribution >= 4 is 11.6 Å². The van der Waals surface area contributed by atoms with Gasteiger partial charge in [-0.3, -0.25) is 4.79 Å². The van der Waals surface area contributed by atoms with Crippen molar-refractivity contribution in [1.29, 1.82) is 0 Å². The van der Waals surface area contributed by atoms with E-state index in [1.807, 2.05) is 42.5 Å². The number of carbonyl (C=O) groups is 1. The SMILES string of the molecule is CCC(Nc1cccc(C(=O)NC)c1)c1ccccc1. The molecule has 104 valence electrons. The summed E-state index contributed by atoms with van der Waals surface area (Å²) in [6.07, 6.45) is 0.980. The van der Waals surface area contributed by atoms with E-state index in [0.29, 0.717) is 5.56 Å². The zero-order valence-corrected chi connectivity index (χ0v) is 11.9. The van der Waals surface area contributed by atoms with Gasteiger partial charge in [-0.2, -0.15) is 0 Å². The molecule has 0 aromatic heterocycles. The van der Waals surface area contributed by atoms with Crippen LogP contribution in [-0.2, 0) is 0 Å². The van der Waals surface area contributed by atoms with Gasteiger partial charge in [0.2, 0.25) is 0 Å². The van der Waals surface area contributed by atoms with Crippen molar-refractivity contribution in [2.75, 3.05) is 12.4 Å². The summed E-state index contributed by atoms with van der Waals surface area (Å²) in [5, 5.41) is 6.13. The summed E-state index contributed by atoms with van der Waals surface area (Å²) in [7, 11) is 1.64. The largest absolute Gasteiger partial charge is 0.378 e. The first-order valence-electron chi connectivity index (χ1n) is 6.88. The van der Waals surface area contributed by atoms with Crippen LogP contribution in [0.4, 0.5) is 5.69 Å². The Hall–Kier alpha value is -2.29. The van der Waals surface area contributed by atoms with Crippen molar-refractivity contribution in [3.63, 3.8) is 0 Å². The smallest absolute Gasteiger partial charge is 0.251 e. The molecule has 20 heavy (non-hydrogen) atoms. The van der Waals surface area contributed by atoms with E-state index in [4.69, 9.17) is 0 Å². The summed E-state index contributed by atoms with van der Waals surface area (Å²) in [5.41, 5.74) is 2.88. The molecule has 2 aromatic carbocycles. The highest BCUT2D eigenvalue weighted by atomic mass is 16.1. The number of hydrogen-bond donors (Lipinski definition) is 2. The van der Waals surface area contributed by atoms with Crippen molar-refractivity contribution in [3.8, 4) is 0 Å². The van der Waals surface area contributed by atoms with E-state index in [-0.39, 0.29) is 11.9 Å². The Labute approximate surface area is 120 Å². The fraction of sp³-hybridized carbons (Fsp3) is 0.235. The van der Waals surface area contributed by atoms with Crippen molar-refractivity contribution in [2.45, 2.75) is 19.4 Å². The summed E-state index contributed by atoms with van der Waals surface area (Å²) in [6.45, 7) is 2.15. The average molecular weight is 268 g/mol. The van der Waals surface area contributed by atoms with Crippen molar-refractivity contribution < 1.29 is 4.79 Å². The standard InChI is InChI=1S/C17H20N2O/c1-3-16(13-8-5-4-6-9-13)19-15-11-7-10-14(12-15)17(20)18-2/h4-12,16,19H,3H2,1-2H3,(H,18,20). The summed E-state index contributed by atoms with van der Waals surface area (Å²) >= 11 is 0. The van der Waals surface area contributed by atoms with Crippen LogP contribution in [0.1, 0.15) is 35.3 Å². The van der Waals surface area contributed by atoms with Crippen LogP contribution in [0.5, 0.6) is 0 Å². The van der Waals surface area contributed by atoms with Gasteiger partial charge in [0.15, 0.2) is 0 Å². The van der Waals surface area contributed by atoms with Crippen molar-refractivity contribution in [2.24, 2.45) is 0 Å². The molecule has 1 unspecified atom stereocenters. The highest BCUT2D eigenvalue weighted by Crippen LogP contribution is 2.22. The number of benzene rings is 2. The zero-order valence-electron chi connectivity index (χ0n) is 11.9. The van der Waals surface area contributed by atoms with Crippen LogP contribution in [0.25, 0.3) is 0 Å². The lowest BCUT2D eigenvalue weighted by Crippen LogP contribution is -2.18. The molecule has 0 fully saturated rings. The summed E-state index contributed by atoms with van der Waals surface area (Å²) in [4.78, 5) is 11.7. The van der Waals surface area contributed by atoms with Crippen LogP contribution in [0, 0.1) is 0 Å². The average Bonchev–Trinajstić information content (AvgIpc) is 2.53. The summed E-state index contributed by atoms with van der Waals surface area (Å²) < 4.78 is 0. The molecule has 1 atom stereocenters. The molecule has 0 saturated carbocycles. The predicted octanol–water partition coefficient (Wildman–Crippen LogP) is 3.61. The molecule has 0 aliphatic rings. The molecule has 2 N–H and O–H groups in total. The first-order chi connectivity index (χ1) is 9.74. The highest BCUT2D eigenvalue weighted by Gasteiger charge is 2.10. The second kappa shape index (κ2) is 6.75. The normalized spacial score (nSPS) is 11.7. The van der Waals surface area contributed by atoms with E-state index < -0.39 is 0 Å². The Morgan fingerprint density at radius 3 is 2.50 bits per heavy atom. The second-order valence-electron chi connectivity index (χ2n) is 4.68. The Morgan fingerprint density at radius 2 is 1.85 bits per heavy atom. The van der Waals surface area contributed by atoms with Gasteiger partial charge in [-0.15, -0.1) is 0 Å². The monoisotopic (exact) mass is 268 g/mol. The molecule has 3 nitrogen and oxygen atoms in total. The van der Waals surface area contributed by atoms with Crippen LogP contribution < -0.4 is 10.6 Å². The molecule has 0 saturated heterocycles. The quantitative estimate of drug-likeness (QED) is 0.869. The first kappa shape index (κ1) is 14.1. The number of hydrogen-bond acceptors (Lipinski definition) is 2. The molecule has 0 radical (unpaired) electrons. The van der Waals surface area contributed by atoms with Crippen molar-refractivity contribution in [1.82, 2.24) is 5.32 Å². The van der Waals surface area contributed by atoms with Gasteiger partial charge in [-0.05, 0) is 30.2 Å². The lowest BCUT2D eigenvalue weighted by molar-refractivity contribution is 0.0963. The highest BCUT2D eigenvalue weighted by molar-refractivity contribution is 5.94. The van der Waals surface area contributed by atoms with Crippen LogP contribution in [-0.4, -0.2) is 13.0 Å². The molecule has 0 heterocycles. The number of anilines is 1. The number of carbonyl (C=O) groups excluding carboxylic acids is 1. The fourth-order valence-corrected chi connectivity index (χ4v) is 2.20. The van der Waals surface area contributed by atoms with Crippen LogP contribution in [0.3, 0.4) is 0 Å². The molecular weight excluding hydrogens is 248 g/mol. The fourth-order valence-electron chi connectivity index (χ4n) is 2.20. The van der Waals surface area contributed by atoms with Gasteiger partial charge in [0.1, 0.15) is 0 Å². The predicted molar refractivity (Wildman–Crippen MR) is 82.9 cm³/mol. The van der Waals surface area contributed by atoms with Gasteiger partial charge in [0.05, 0.1) is 6.04 Å². The maximum Gasteiger partial charge on any atom is 0.251 e. The van der Waals surface area contributed by atoms with Gasteiger partial charge in [-0.1, -0.05) is 43.3 Å². The van der Waals surface area contributed by atoms with Gasteiger partial charge >= 0.3 is 0 Å². The Bertz CT molecular complexity index is 566. The Kier molecular flexibility index (Phi) is 4.77. The number of nitrogens with one attached hydrogen (secondary N) is 2. The molecule has 3 heteroatoms. The minimum Gasteiger partial charge on any atom is -0.378 e. The van der Waals surface area contributed by atoms with E-state index in [2.05, 4.69) is 29.7 Å². The maximum absolute atomic E-state index is 11.7. The van der Waals surface area contributed by atoms with E-state index in [9.17, 15) is 4.79 Å². The van der Waals surface area contributed by atoms with Crippen LogP contribution in [0.2, 0.25) is 0 Å². The molecule has 2 rings (SSSR count). The number of rotatable bonds is 5. The topological polar surface area (TPSA) is 41.1 Å². The molecule has 0 aliphatic heterocycles. The number of amides is 1. The second-order valence-corrected chi connectivity index (χ2v) is 4.68. The van der Waals surface area contributed by atoms with E-state index >= 15 is 0 Å². The van der Waals surface area contributed by atoms with E-state index in [1.54, 1.807) is 7.05 Å². The van der Waals surface area contributed by atoms with Gasteiger partial charge in [-0.25, -0.2) is 0 Å². The van der Waals surface area contributed by atoms with Crippen LogP contribution >= 0.6 is 0 Å². The Balaban J connectivity index is 2.18. The van der Waals surface area contributed by atoms with Gasteiger partial charge in [0, 0.05) is 18.3 Å². The third kappa shape index (κ3) is 3.38. The molecular formula is C17H20N2O. The molecule has 0 bridgehead atoms. The first-order valence-corrected chi connectivity index (χ1v) is 6.88. The minimum absolute atomic E-state index is 0.0681. The third-order valence-corrected chi connectivity index (χ3v) is 3.30. The lowest BCUT2D eigenvalue weighted by Gasteiger charge is -2.19. The third-order valence-electron chi connectivity index (χ3n) is 3.30. The molecule has 0 aliphatic carbocycles. The molecule has 1 amide bonds. The van der Waals surface area contributed by atoms with Crippen molar-refractivity contribution in [3.05, 3.63) is 65.7 Å². The summed E-state index contributed by atoms with van der Waals surface area (Å²) in [5.74, 6) is -0.0681. The minimum atomic E-state index is -0.0681. The van der Waals surface area contributed by atoms with E-state index in [1.165, 1.54) is 5.56 Å². The molecule has 2 aromatic rings. The molecule has 0 spiro atoms. The van der Waals surface area contributed by atoms with Crippen LogP contribution in [0.15, 0.2) is 54.6 Å². The van der Waals surface area contributed by atoms with E-state index in [0.717, 1.165) is 12.1 Å².